The average Bonchev–Trinajstić information content (AvgIpc) is 2.28. The van der Waals surface area contributed by atoms with Crippen LogP contribution in [-0.2, 0) is 7.05 Å². The van der Waals surface area contributed by atoms with Gasteiger partial charge in [0.15, 0.2) is 5.65 Å². The summed E-state index contributed by atoms with van der Waals surface area (Å²) in [7, 11) is 1.81. The van der Waals surface area contributed by atoms with Crippen molar-refractivity contribution in [3.05, 3.63) is 17.5 Å². The van der Waals surface area contributed by atoms with E-state index in [0.717, 1.165) is 11.2 Å². The van der Waals surface area contributed by atoms with Crippen LogP contribution in [0.3, 0.4) is 0 Å². The second kappa shape index (κ2) is 2.35. The van der Waals surface area contributed by atoms with Crippen LogP contribution < -0.4 is 5.73 Å². The minimum Gasteiger partial charge on any atom is -0.397 e. The summed E-state index contributed by atoms with van der Waals surface area (Å²) in [4.78, 5) is 8.15. The first kappa shape index (κ1) is 7.36. The summed E-state index contributed by atoms with van der Waals surface area (Å²) in [6.07, 6.45) is 1.58. The largest absolute Gasteiger partial charge is 0.397 e. The Morgan fingerprint density at radius 1 is 1.58 bits per heavy atom. The van der Waals surface area contributed by atoms with Gasteiger partial charge in [0.1, 0.15) is 5.52 Å². The summed E-state index contributed by atoms with van der Waals surface area (Å²) in [5, 5.41) is 0.420. The number of nitrogens with two attached hydrogens (primary N) is 1. The number of anilines is 1. The molecule has 0 aliphatic carbocycles. The lowest BCUT2D eigenvalue weighted by Gasteiger charge is -1.93. The molecule has 0 atom stereocenters. The number of nitrogens with zero attached hydrogens (tertiary/aromatic N) is 3. The molecule has 0 fully saturated rings. The monoisotopic (exact) mass is 182 g/mol. The van der Waals surface area contributed by atoms with Crippen LogP contribution >= 0.6 is 11.6 Å². The fourth-order valence-corrected chi connectivity index (χ4v) is 1.24. The minimum absolute atomic E-state index is 0.420. The summed E-state index contributed by atoms with van der Waals surface area (Å²) in [6, 6.07) is 1.74. The Morgan fingerprint density at radius 2 is 2.33 bits per heavy atom. The zero-order chi connectivity index (χ0) is 8.72. The minimum atomic E-state index is 0.420. The van der Waals surface area contributed by atoms with Crippen LogP contribution in [0.15, 0.2) is 12.3 Å². The van der Waals surface area contributed by atoms with Gasteiger partial charge in [-0.15, -0.1) is 0 Å². The van der Waals surface area contributed by atoms with Crippen molar-refractivity contribution in [2.45, 2.75) is 0 Å². The molecule has 5 heteroatoms. The number of aryl methyl sites for hydroxylation is 1. The van der Waals surface area contributed by atoms with E-state index in [1.807, 2.05) is 0 Å². The maximum absolute atomic E-state index is 5.78. The van der Waals surface area contributed by atoms with Gasteiger partial charge in [0, 0.05) is 7.05 Å². The van der Waals surface area contributed by atoms with Crippen LogP contribution in [0.5, 0.6) is 0 Å². The molecule has 0 bridgehead atoms. The maximum Gasteiger partial charge on any atom is 0.204 e. The van der Waals surface area contributed by atoms with Gasteiger partial charge in [-0.3, -0.25) is 0 Å². The molecule has 0 aromatic carbocycles. The van der Waals surface area contributed by atoms with Gasteiger partial charge in [-0.25, -0.2) is 9.97 Å². The molecule has 0 radical (unpaired) electrons. The van der Waals surface area contributed by atoms with E-state index < -0.39 is 0 Å². The normalized spacial score (nSPS) is 10.8. The number of rotatable bonds is 0. The second-order valence-corrected chi connectivity index (χ2v) is 2.89. The molecule has 12 heavy (non-hydrogen) atoms. The first-order valence-corrected chi connectivity index (χ1v) is 3.80. The van der Waals surface area contributed by atoms with Gasteiger partial charge in [0.05, 0.1) is 11.9 Å². The molecule has 4 nitrogen and oxygen atoms in total. The number of aromatic nitrogens is 3. The molecule has 2 aromatic heterocycles. The van der Waals surface area contributed by atoms with Gasteiger partial charge in [-0.1, -0.05) is 0 Å². The van der Waals surface area contributed by atoms with Crippen molar-refractivity contribution >= 4 is 28.5 Å². The van der Waals surface area contributed by atoms with E-state index in [0.29, 0.717) is 11.0 Å². The van der Waals surface area contributed by atoms with Crippen LogP contribution in [0.25, 0.3) is 11.2 Å². The summed E-state index contributed by atoms with van der Waals surface area (Å²) >= 11 is 5.78. The Bertz CT molecular complexity index is 434. The number of halogens is 1. The van der Waals surface area contributed by atoms with Crippen LogP contribution in [-0.4, -0.2) is 14.5 Å². The van der Waals surface area contributed by atoms with Crippen molar-refractivity contribution in [2.24, 2.45) is 7.05 Å². The third-order valence-corrected chi connectivity index (χ3v) is 2.01. The van der Waals surface area contributed by atoms with E-state index >= 15 is 0 Å². The van der Waals surface area contributed by atoms with Gasteiger partial charge in [-0.05, 0) is 17.7 Å². The number of fused-ring (bicyclic) bond motifs is 1. The molecule has 62 valence electrons. The Balaban J connectivity index is 2.87. The van der Waals surface area contributed by atoms with Crippen LogP contribution in [0, 0.1) is 0 Å². The van der Waals surface area contributed by atoms with Gasteiger partial charge >= 0.3 is 0 Å². The molecule has 0 saturated heterocycles. The third kappa shape index (κ3) is 0.921. The van der Waals surface area contributed by atoms with Gasteiger partial charge < -0.3 is 10.3 Å². The highest BCUT2D eigenvalue weighted by atomic mass is 35.5. The third-order valence-electron chi connectivity index (χ3n) is 1.68. The first-order chi connectivity index (χ1) is 5.68. The van der Waals surface area contributed by atoms with E-state index in [1.54, 1.807) is 23.9 Å². The zero-order valence-electron chi connectivity index (χ0n) is 6.45. The maximum atomic E-state index is 5.78. The predicted octanol–water partition coefficient (Wildman–Crippen LogP) is 1.20. The summed E-state index contributed by atoms with van der Waals surface area (Å²) in [5.41, 5.74) is 7.59. The Hall–Kier alpha value is -1.29. The summed E-state index contributed by atoms with van der Waals surface area (Å²) in [5.74, 6) is 0. The van der Waals surface area contributed by atoms with E-state index in [-0.39, 0.29) is 0 Å². The lowest BCUT2D eigenvalue weighted by Crippen LogP contribution is -1.91. The molecule has 0 spiro atoms. The van der Waals surface area contributed by atoms with Crippen molar-refractivity contribution < 1.29 is 0 Å². The number of hydrogen-bond acceptors (Lipinski definition) is 3. The molecule has 0 amide bonds. The van der Waals surface area contributed by atoms with Gasteiger partial charge in [0.25, 0.3) is 0 Å². The quantitative estimate of drug-likeness (QED) is 0.666. The summed E-state index contributed by atoms with van der Waals surface area (Å²) in [6.45, 7) is 0. The Morgan fingerprint density at radius 3 is 3.08 bits per heavy atom. The summed E-state index contributed by atoms with van der Waals surface area (Å²) < 4.78 is 1.70. The van der Waals surface area contributed by atoms with Crippen molar-refractivity contribution in [1.29, 1.82) is 0 Å². The molecular formula is C7H7ClN4. The Labute approximate surface area is 74.0 Å². The molecular weight excluding hydrogens is 176 g/mol. The lowest BCUT2D eigenvalue weighted by atomic mass is 10.4. The van der Waals surface area contributed by atoms with Crippen molar-refractivity contribution in [3.63, 3.8) is 0 Å². The topological polar surface area (TPSA) is 56.7 Å². The van der Waals surface area contributed by atoms with Gasteiger partial charge in [0.2, 0.25) is 5.28 Å². The van der Waals surface area contributed by atoms with Crippen LogP contribution in [0.2, 0.25) is 5.28 Å². The van der Waals surface area contributed by atoms with Crippen LogP contribution in [0.4, 0.5) is 5.69 Å². The smallest absolute Gasteiger partial charge is 0.204 e. The standard InChI is InChI=1S/C7H7ClN4/c1-12-6-5(11-7(12)8)2-4(9)3-10-6/h2-3H,9H2,1H3. The van der Waals surface area contributed by atoms with E-state index in [9.17, 15) is 0 Å². The van der Waals surface area contributed by atoms with Crippen molar-refractivity contribution in [2.75, 3.05) is 5.73 Å². The molecule has 2 heterocycles. The molecule has 0 aliphatic rings. The van der Waals surface area contributed by atoms with Crippen molar-refractivity contribution in [1.82, 2.24) is 14.5 Å². The van der Waals surface area contributed by atoms with Gasteiger partial charge in [-0.2, -0.15) is 0 Å². The highest BCUT2D eigenvalue weighted by Gasteiger charge is 2.05. The highest BCUT2D eigenvalue weighted by Crippen LogP contribution is 2.17. The molecule has 2 aromatic rings. The molecule has 0 aliphatic heterocycles. The number of hydrogen-bond donors (Lipinski definition) is 1. The molecule has 0 saturated carbocycles. The molecule has 2 N–H and O–H groups in total. The first-order valence-electron chi connectivity index (χ1n) is 3.42. The highest BCUT2D eigenvalue weighted by molar-refractivity contribution is 6.29. The van der Waals surface area contributed by atoms with E-state index in [2.05, 4.69) is 9.97 Å². The molecule has 2 rings (SSSR count). The fourth-order valence-electron chi connectivity index (χ4n) is 1.06. The number of imidazole rings is 1. The SMILES string of the molecule is Cn1c(Cl)nc2cc(N)cnc21. The fraction of sp³-hybridized carbons (Fsp3) is 0.143. The number of nitrogen functional groups attached to an aromatic ring is 1. The average molecular weight is 183 g/mol. The predicted molar refractivity (Wildman–Crippen MR) is 47.9 cm³/mol. The van der Waals surface area contributed by atoms with Crippen LogP contribution in [0.1, 0.15) is 0 Å². The van der Waals surface area contributed by atoms with E-state index in [1.165, 1.54) is 0 Å². The Kier molecular flexibility index (Phi) is 1.44. The second-order valence-electron chi connectivity index (χ2n) is 2.55. The van der Waals surface area contributed by atoms with E-state index in [4.69, 9.17) is 17.3 Å². The molecule has 0 unspecified atom stereocenters. The zero-order valence-corrected chi connectivity index (χ0v) is 7.21. The van der Waals surface area contributed by atoms with Crippen molar-refractivity contribution in [3.8, 4) is 0 Å². The number of pyridine rings is 1. The lowest BCUT2D eigenvalue weighted by molar-refractivity contribution is 0.932.